The third kappa shape index (κ3) is 2.13. The van der Waals surface area contributed by atoms with E-state index in [4.69, 9.17) is 0 Å². The molecule has 0 unspecified atom stereocenters. The zero-order valence-corrected chi connectivity index (χ0v) is 11.7. The number of hydrogen-bond acceptors (Lipinski definition) is 4. The lowest BCUT2D eigenvalue weighted by Crippen LogP contribution is -2.62. The molecule has 1 aliphatic rings. The van der Waals surface area contributed by atoms with Gasteiger partial charge < -0.3 is 9.80 Å². The van der Waals surface area contributed by atoms with Gasteiger partial charge in [0.2, 0.25) is 5.91 Å². The smallest absolute Gasteiger partial charge is 0.247 e. The lowest BCUT2D eigenvalue weighted by atomic mass is 9.98. The molecule has 17 heavy (non-hydrogen) atoms. The quantitative estimate of drug-likeness (QED) is 0.733. The highest BCUT2D eigenvalue weighted by atomic mass is 79.9. The third-order valence-electron chi connectivity index (χ3n) is 3.10. The van der Waals surface area contributed by atoms with Crippen molar-refractivity contribution in [3.8, 4) is 0 Å². The Labute approximate surface area is 109 Å². The predicted molar refractivity (Wildman–Crippen MR) is 68.8 cm³/mol. The van der Waals surface area contributed by atoms with Gasteiger partial charge in [0.1, 0.15) is 22.3 Å². The maximum absolute atomic E-state index is 12.1. The number of amides is 1. The van der Waals surface area contributed by atoms with Crippen molar-refractivity contribution >= 4 is 27.7 Å². The molecule has 1 aromatic rings. The molecule has 1 aromatic heterocycles. The van der Waals surface area contributed by atoms with Gasteiger partial charge in [-0.05, 0) is 29.8 Å². The Bertz CT molecular complexity index is 449. The predicted octanol–water partition coefficient (Wildman–Crippen LogP) is 1.30. The number of carbonyl (C=O) groups excluding carboxylic acids is 1. The van der Waals surface area contributed by atoms with Crippen LogP contribution < -0.4 is 4.90 Å². The average Bonchev–Trinajstić information content (AvgIpc) is 2.26. The Balaban J connectivity index is 2.36. The zero-order valence-electron chi connectivity index (χ0n) is 10.1. The van der Waals surface area contributed by atoms with Gasteiger partial charge in [0.25, 0.3) is 0 Å². The molecule has 1 saturated heterocycles. The molecular formula is C11H15BrN4O. The molecule has 92 valence electrons. The molecule has 0 radical (unpaired) electrons. The lowest BCUT2D eigenvalue weighted by Gasteiger charge is -2.45. The van der Waals surface area contributed by atoms with E-state index >= 15 is 0 Å². The van der Waals surface area contributed by atoms with E-state index in [1.807, 2.05) is 31.9 Å². The SMILES string of the molecule is CN1CCN(c2cc(Br)ncn2)C(C)(C)C1=O. The number of rotatable bonds is 1. The van der Waals surface area contributed by atoms with Gasteiger partial charge >= 0.3 is 0 Å². The number of halogens is 1. The highest BCUT2D eigenvalue weighted by molar-refractivity contribution is 9.10. The first-order valence-corrected chi connectivity index (χ1v) is 6.23. The van der Waals surface area contributed by atoms with E-state index in [0.29, 0.717) is 6.54 Å². The van der Waals surface area contributed by atoms with Gasteiger partial charge in [0, 0.05) is 26.2 Å². The number of piperazine rings is 1. The molecule has 0 spiro atoms. The summed E-state index contributed by atoms with van der Waals surface area (Å²) in [4.78, 5) is 24.1. The average molecular weight is 299 g/mol. The lowest BCUT2D eigenvalue weighted by molar-refractivity contribution is -0.136. The first kappa shape index (κ1) is 12.3. The van der Waals surface area contributed by atoms with Crippen LogP contribution in [-0.2, 0) is 4.79 Å². The normalized spacial score (nSPS) is 19.6. The second-order valence-electron chi connectivity index (χ2n) is 4.64. The fourth-order valence-electron chi connectivity index (χ4n) is 2.09. The molecule has 1 aliphatic heterocycles. The van der Waals surface area contributed by atoms with Gasteiger partial charge in [-0.1, -0.05) is 0 Å². The standard InChI is InChI=1S/C11H15BrN4O/c1-11(2)10(17)15(3)4-5-16(11)9-6-8(12)13-7-14-9/h6-7H,4-5H2,1-3H3. The van der Waals surface area contributed by atoms with Crippen LogP contribution in [0.4, 0.5) is 5.82 Å². The number of nitrogens with zero attached hydrogens (tertiary/aromatic N) is 4. The van der Waals surface area contributed by atoms with E-state index < -0.39 is 5.54 Å². The molecule has 2 rings (SSSR count). The summed E-state index contributed by atoms with van der Waals surface area (Å²) >= 11 is 3.32. The molecule has 0 saturated carbocycles. The molecule has 2 heterocycles. The highest BCUT2D eigenvalue weighted by Crippen LogP contribution is 2.27. The van der Waals surface area contributed by atoms with Gasteiger partial charge in [0.05, 0.1) is 0 Å². The van der Waals surface area contributed by atoms with Crippen molar-refractivity contribution in [2.75, 3.05) is 25.0 Å². The fourth-order valence-corrected chi connectivity index (χ4v) is 2.38. The molecule has 0 N–H and O–H groups in total. The van der Waals surface area contributed by atoms with Crippen molar-refractivity contribution in [2.45, 2.75) is 19.4 Å². The van der Waals surface area contributed by atoms with Crippen LogP contribution in [0.5, 0.6) is 0 Å². The molecule has 0 bridgehead atoms. The van der Waals surface area contributed by atoms with Gasteiger partial charge in [-0.25, -0.2) is 9.97 Å². The first-order valence-electron chi connectivity index (χ1n) is 5.43. The topological polar surface area (TPSA) is 49.3 Å². The number of anilines is 1. The summed E-state index contributed by atoms with van der Waals surface area (Å²) in [7, 11) is 1.83. The van der Waals surface area contributed by atoms with E-state index in [9.17, 15) is 4.79 Å². The molecule has 1 amide bonds. The van der Waals surface area contributed by atoms with E-state index in [2.05, 4.69) is 25.9 Å². The van der Waals surface area contributed by atoms with Crippen molar-refractivity contribution in [1.82, 2.24) is 14.9 Å². The Kier molecular flexibility index (Phi) is 3.07. The molecule has 0 aromatic carbocycles. The van der Waals surface area contributed by atoms with Crippen LogP contribution in [0, 0.1) is 0 Å². The summed E-state index contributed by atoms with van der Waals surface area (Å²) in [6.07, 6.45) is 1.50. The van der Waals surface area contributed by atoms with Crippen LogP contribution in [0.1, 0.15) is 13.8 Å². The van der Waals surface area contributed by atoms with E-state index in [0.717, 1.165) is 17.0 Å². The summed E-state index contributed by atoms with van der Waals surface area (Å²) in [6, 6.07) is 1.83. The van der Waals surface area contributed by atoms with Crippen LogP contribution >= 0.6 is 15.9 Å². The first-order chi connectivity index (χ1) is 7.93. The molecule has 5 nitrogen and oxygen atoms in total. The minimum Gasteiger partial charge on any atom is -0.342 e. The van der Waals surface area contributed by atoms with Crippen LogP contribution in [0.3, 0.4) is 0 Å². The highest BCUT2D eigenvalue weighted by Gasteiger charge is 2.41. The van der Waals surface area contributed by atoms with Crippen molar-refractivity contribution in [3.05, 3.63) is 17.0 Å². The molecule has 0 aliphatic carbocycles. The van der Waals surface area contributed by atoms with Crippen LogP contribution in [0.25, 0.3) is 0 Å². The van der Waals surface area contributed by atoms with Gasteiger partial charge in [-0.3, -0.25) is 4.79 Å². The van der Waals surface area contributed by atoms with Gasteiger partial charge in [-0.2, -0.15) is 0 Å². The summed E-state index contributed by atoms with van der Waals surface area (Å²) in [5, 5.41) is 0. The van der Waals surface area contributed by atoms with Crippen LogP contribution in [0.15, 0.2) is 17.0 Å². The summed E-state index contributed by atoms with van der Waals surface area (Å²) in [6.45, 7) is 5.32. The Morgan fingerprint density at radius 2 is 2.06 bits per heavy atom. The monoisotopic (exact) mass is 298 g/mol. The van der Waals surface area contributed by atoms with E-state index in [1.54, 1.807) is 4.90 Å². The van der Waals surface area contributed by atoms with E-state index in [1.165, 1.54) is 6.33 Å². The largest absolute Gasteiger partial charge is 0.342 e. The molecule has 0 atom stereocenters. The number of aromatic nitrogens is 2. The Morgan fingerprint density at radius 3 is 2.71 bits per heavy atom. The fraction of sp³-hybridized carbons (Fsp3) is 0.545. The molecular weight excluding hydrogens is 284 g/mol. The molecule has 1 fully saturated rings. The van der Waals surface area contributed by atoms with E-state index in [-0.39, 0.29) is 5.91 Å². The van der Waals surface area contributed by atoms with Crippen molar-refractivity contribution in [2.24, 2.45) is 0 Å². The minimum absolute atomic E-state index is 0.110. The minimum atomic E-state index is -0.569. The van der Waals surface area contributed by atoms with Gasteiger partial charge in [-0.15, -0.1) is 0 Å². The second kappa shape index (κ2) is 4.25. The number of hydrogen-bond donors (Lipinski definition) is 0. The number of carbonyl (C=O) groups is 1. The summed E-state index contributed by atoms with van der Waals surface area (Å²) in [5.74, 6) is 0.886. The molecule has 6 heteroatoms. The Hall–Kier alpha value is -1.17. The van der Waals surface area contributed by atoms with Crippen LogP contribution in [-0.4, -0.2) is 46.5 Å². The maximum Gasteiger partial charge on any atom is 0.247 e. The zero-order chi connectivity index (χ0) is 12.6. The van der Waals surface area contributed by atoms with Crippen molar-refractivity contribution in [1.29, 1.82) is 0 Å². The van der Waals surface area contributed by atoms with Crippen LogP contribution in [0.2, 0.25) is 0 Å². The third-order valence-corrected chi connectivity index (χ3v) is 3.53. The van der Waals surface area contributed by atoms with Gasteiger partial charge in [0.15, 0.2) is 0 Å². The number of likely N-dealkylation sites (N-methyl/N-ethyl adjacent to an activating group) is 1. The summed E-state index contributed by atoms with van der Waals surface area (Å²) < 4.78 is 0.727. The van der Waals surface area contributed by atoms with Crippen molar-refractivity contribution in [3.63, 3.8) is 0 Å². The van der Waals surface area contributed by atoms with Crippen molar-refractivity contribution < 1.29 is 4.79 Å². The Morgan fingerprint density at radius 1 is 1.35 bits per heavy atom. The second-order valence-corrected chi connectivity index (χ2v) is 5.45. The summed E-state index contributed by atoms with van der Waals surface area (Å²) in [5.41, 5.74) is -0.569. The maximum atomic E-state index is 12.1.